The quantitative estimate of drug-likeness (QED) is 0.731. The second-order valence-corrected chi connectivity index (χ2v) is 6.96. The summed E-state index contributed by atoms with van der Waals surface area (Å²) in [5.74, 6) is -0.286. The van der Waals surface area contributed by atoms with Crippen molar-refractivity contribution in [2.24, 2.45) is 14.1 Å². The van der Waals surface area contributed by atoms with Gasteiger partial charge in [0.25, 0.3) is 0 Å². The molecule has 0 aliphatic heterocycles. The summed E-state index contributed by atoms with van der Waals surface area (Å²) in [5.41, 5.74) is 3.32. The van der Waals surface area contributed by atoms with Gasteiger partial charge in [0.15, 0.2) is 0 Å². The highest BCUT2D eigenvalue weighted by Gasteiger charge is 2.14. The van der Waals surface area contributed by atoms with Crippen molar-refractivity contribution in [2.45, 2.75) is 16.7 Å². The highest BCUT2D eigenvalue weighted by atomic mass is 32.2. The molecule has 0 aliphatic carbocycles. The van der Waals surface area contributed by atoms with Crippen LogP contribution in [0.5, 0.6) is 0 Å². The maximum atomic E-state index is 12.2. The van der Waals surface area contributed by atoms with Crippen molar-refractivity contribution in [1.29, 1.82) is 0 Å². The summed E-state index contributed by atoms with van der Waals surface area (Å²) in [7, 11) is 3.46. The summed E-state index contributed by atoms with van der Waals surface area (Å²) in [6.07, 6.45) is 1.23. The summed E-state index contributed by atoms with van der Waals surface area (Å²) in [6, 6.07) is 11.9. The topological polar surface area (TPSA) is 56.0 Å². The van der Waals surface area contributed by atoms with Gasteiger partial charge >= 0.3 is 5.69 Å². The van der Waals surface area contributed by atoms with E-state index in [2.05, 4.69) is 11.9 Å². The number of aromatic nitrogens is 2. The minimum atomic E-state index is -0.286. The van der Waals surface area contributed by atoms with Gasteiger partial charge in [0.05, 0.1) is 16.7 Å². The Morgan fingerprint density at radius 3 is 2.32 bits per heavy atom. The molecule has 3 rings (SSSR count). The van der Waals surface area contributed by atoms with Gasteiger partial charge in [-0.3, -0.25) is 13.9 Å². The summed E-state index contributed by atoms with van der Waals surface area (Å²) >= 11 is 1.54. The Morgan fingerprint density at radius 1 is 1.12 bits per heavy atom. The Hall–Kier alpha value is -2.73. The molecule has 0 spiro atoms. The molecule has 1 aromatic heterocycles. The van der Waals surface area contributed by atoms with E-state index in [0.29, 0.717) is 5.69 Å². The maximum Gasteiger partial charge on any atom is 0.328 e. The summed E-state index contributed by atoms with van der Waals surface area (Å²) < 4.78 is 3.17. The van der Waals surface area contributed by atoms with Crippen molar-refractivity contribution in [3.05, 3.63) is 65.1 Å². The zero-order valence-electron chi connectivity index (χ0n) is 14.4. The molecule has 0 fully saturated rings. The van der Waals surface area contributed by atoms with Gasteiger partial charge in [-0.05, 0) is 37.3 Å². The first kappa shape index (κ1) is 17.1. The van der Waals surface area contributed by atoms with Crippen molar-refractivity contribution in [3.63, 3.8) is 0 Å². The SMILES string of the molecule is C=CC(=O)Nc1cc2c(cc1Sc1ccc(C)cc1)n(C)c(=O)n2C. The molecule has 1 amide bonds. The number of nitrogens with zero attached hydrogens (tertiary/aromatic N) is 2. The molecule has 2 aromatic carbocycles. The van der Waals surface area contributed by atoms with Crippen LogP contribution >= 0.6 is 11.8 Å². The van der Waals surface area contributed by atoms with Gasteiger partial charge in [0.2, 0.25) is 5.91 Å². The molecule has 0 aliphatic rings. The number of nitrogens with one attached hydrogen (secondary N) is 1. The van der Waals surface area contributed by atoms with Gasteiger partial charge in [0, 0.05) is 23.9 Å². The number of hydrogen-bond donors (Lipinski definition) is 1. The minimum absolute atomic E-state index is 0.103. The highest BCUT2D eigenvalue weighted by Crippen LogP contribution is 2.36. The third-order valence-electron chi connectivity index (χ3n) is 4.07. The van der Waals surface area contributed by atoms with E-state index in [9.17, 15) is 9.59 Å². The van der Waals surface area contributed by atoms with Crippen LogP contribution < -0.4 is 11.0 Å². The first-order valence-corrected chi connectivity index (χ1v) is 8.59. The van der Waals surface area contributed by atoms with Crippen LogP contribution in [0.1, 0.15) is 5.56 Å². The molecule has 0 bridgehead atoms. The van der Waals surface area contributed by atoms with Gasteiger partial charge < -0.3 is 5.32 Å². The predicted molar refractivity (Wildman–Crippen MR) is 102 cm³/mol. The Morgan fingerprint density at radius 2 is 1.72 bits per heavy atom. The summed E-state index contributed by atoms with van der Waals surface area (Å²) in [6.45, 7) is 5.54. The van der Waals surface area contributed by atoms with Gasteiger partial charge in [-0.25, -0.2) is 4.79 Å². The monoisotopic (exact) mass is 353 g/mol. The van der Waals surface area contributed by atoms with Crippen LogP contribution in [-0.4, -0.2) is 15.0 Å². The minimum Gasteiger partial charge on any atom is -0.321 e. The number of rotatable bonds is 4. The lowest BCUT2D eigenvalue weighted by atomic mass is 10.2. The first-order valence-electron chi connectivity index (χ1n) is 7.78. The lowest BCUT2D eigenvalue weighted by Gasteiger charge is -2.11. The second-order valence-electron chi connectivity index (χ2n) is 5.85. The van der Waals surface area contributed by atoms with E-state index in [0.717, 1.165) is 20.8 Å². The largest absolute Gasteiger partial charge is 0.328 e. The normalized spacial score (nSPS) is 10.8. The van der Waals surface area contributed by atoms with Crippen molar-refractivity contribution in [1.82, 2.24) is 9.13 Å². The molecular weight excluding hydrogens is 334 g/mol. The zero-order chi connectivity index (χ0) is 18.1. The van der Waals surface area contributed by atoms with E-state index in [-0.39, 0.29) is 11.6 Å². The van der Waals surface area contributed by atoms with Crippen molar-refractivity contribution in [2.75, 3.05) is 5.32 Å². The molecule has 0 saturated heterocycles. The number of anilines is 1. The van der Waals surface area contributed by atoms with Gasteiger partial charge in [-0.1, -0.05) is 36.0 Å². The molecule has 0 unspecified atom stereocenters. The number of amides is 1. The van der Waals surface area contributed by atoms with Crippen LogP contribution in [0.2, 0.25) is 0 Å². The Bertz CT molecular complexity index is 1030. The average Bonchev–Trinajstić information content (AvgIpc) is 2.81. The van der Waals surface area contributed by atoms with Crippen molar-refractivity contribution in [3.8, 4) is 0 Å². The Kier molecular flexibility index (Phi) is 4.55. The third kappa shape index (κ3) is 3.25. The molecule has 0 atom stereocenters. The number of carbonyl (C=O) groups excluding carboxylic acids is 1. The maximum absolute atomic E-state index is 12.2. The lowest BCUT2D eigenvalue weighted by Crippen LogP contribution is -2.19. The van der Waals surface area contributed by atoms with Crippen LogP contribution in [-0.2, 0) is 18.9 Å². The fourth-order valence-corrected chi connectivity index (χ4v) is 3.54. The molecule has 1 heterocycles. The van der Waals surface area contributed by atoms with Gasteiger partial charge in [-0.2, -0.15) is 0 Å². The van der Waals surface area contributed by atoms with Crippen molar-refractivity contribution < 1.29 is 4.79 Å². The first-order chi connectivity index (χ1) is 11.9. The molecule has 1 N–H and O–H groups in total. The third-order valence-corrected chi connectivity index (χ3v) is 5.13. The molecule has 0 radical (unpaired) electrons. The van der Waals surface area contributed by atoms with Crippen molar-refractivity contribution >= 4 is 34.4 Å². The molecular formula is C19H19N3O2S. The number of benzene rings is 2. The van der Waals surface area contributed by atoms with Crippen LogP contribution in [0, 0.1) is 6.92 Å². The van der Waals surface area contributed by atoms with E-state index >= 15 is 0 Å². The molecule has 25 heavy (non-hydrogen) atoms. The fourth-order valence-electron chi connectivity index (χ4n) is 2.63. The number of hydrogen-bond acceptors (Lipinski definition) is 3. The fraction of sp³-hybridized carbons (Fsp3) is 0.158. The van der Waals surface area contributed by atoms with E-state index in [1.165, 1.54) is 11.6 Å². The summed E-state index contributed by atoms with van der Waals surface area (Å²) in [4.78, 5) is 25.9. The van der Waals surface area contributed by atoms with E-state index in [1.54, 1.807) is 35.0 Å². The molecule has 0 saturated carbocycles. The Balaban J connectivity index is 2.15. The molecule has 128 valence electrons. The lowest BCUT2D eigenvalue weighted by molar-refractivity contribution is -0.111. The van der Waals surface area contributed by atoms with Gasteiger partial charge in [-0.15, -0.1) is 0 Å². The van der Waals surface area contributed by atoms with E-state index in [1.807, 2.05) is 43.3 Å². The van der Waals surface area contributed by atoms with Crippen LogP contribution in [0.4, 0.5) is 5.69 Å². The van der Waals surface area contributed by atoms with Crippen LogP contribution in [0.25, 0.3) is 11.0 Å². The smallest absolute Gasteiger partial charge is 0.321 e. The molecule has 3 aromatic rings. The number of carbonyl (C=O) groups is 1. The average molecular weight is 353 g/mol. The number of fused-ring (bicyclic) bond motifs is 1. The van der Waals surface area contributed by atoms with E-state index < -0.39 is 0 Å². The predicted octanol–water partition coefficient (Wildman–Crippen LogP) is 3.46. The summed E-state index contributed by atoms with van der Waals surface area (Å²) in [5, 5.41) is 2.84. The van der Waals surface area contributed by atoms with Crippen LogP contribution in [0.3, 0.4) is 0 Å². The standard InChI is InChI=1S/C19H19N3O2S/c1-5-18(23)20-14-10-15-16(22(4)19(24)21(15)3)11-17(14)25-13-8-6-12(2)7-9-13/h5-11H,1H2,2-4H3,(H,20,23). The number of imidazole rings is 1. The Labute approximate surface area is 150 Å². The van der Waals surface area contributed by atoms with Gasteiger partial charge in [0.1, 0.15) is 0 Å². The zero-order valence-corrected chi connectivity index (χ0v) is 15.2. The molecule has 5 nitrogen and oxygen atoms in total. The van der Waals surface area contributed by atoms with E-state index in [4.69, 9.17) is 0 Å². The van der Waals surface area contributed by atoms with Crippen LogP contribution in [0.15, 0.2) is 63.6 Å². The number of aryl methyl sites for hydroxylation is 3. The highest BCUT2D eigenvalue weighted by molar-refractivity contribution is 7.99. The molecule has 6 heteroatoms. The second kappa shape index (κ2) is 6.64.